The van der Waals surface area contributed by atoms with Crippen molar-refractivity contribution in [1.82, 2.24) is 19.5 Å². The minimum atomic E-state index is -0.594. The number of benzene rings is 8. The number of nitrogens with zero attached hydrogens (tertiary/aromatic N) is 4. The summed E-state index contributed by atoms with van der Waals surface area (Å²) in [6.07, 6.45) is 0. The molecule has 266 valence electrons. The number of hydrogen-bond acceptors (Lipinski definition) is 4. The Labute approximate surface area is 329 Å². The van der Waals surface area contributed by atoms with Crippen molar-refractivity contribution >= 4 is 21.8 Å². The molecular weight excluding hydrogens is 697 g/mol. The topological polar surface area (TPSA) is 52.8 Å². The number of hydrogen-bond donors (Lipinski definition) is 0. The predicted molar refractivity (Wildman–Crippen MR) is 228 cm³/mol. The summed E-state index contributed by atoms with van der Waals surface area (Å²) in [7, 11) is 0. The highest BCUT2D eigenvalue weighted by Crippen LogP contribution is 2.62. The van der Waals surface area contributed by atoms with Crippen LogP contribution in [0, 0.1) is 0 Å². The Kier molecular flexibility index (Phi) is 6.78. The molecule has 0 amide bonds. The summed E-state index contributed by atoms with van der Waals surface area (Å²) in [6, 6.07) is 68.3. The number of aromatic nitrogens is 4. The predicted octanol–water partition coefficient (Wildman–Crippen LogP) is 12.4. The zero-order valence-corrected chi connectivity index (χ0v) is 30.7. The minimum Gasteiger partial charge on any atom is -0.457 e. The van der Waals surface area contributed by atoms with Gasteiger partial charge in [-0.25, -0.2) is 15.0 Å². The van der Waals surface area contributed by atoms with E-state index in [1.807, 2.05) is 30.3 Å². The molecule has 0 saturated heterocycles. The highest BCUT2D eigenvalue weighted by molar-refractivity contribution is 6.10. The molecule has 2 aliphatic rings. The van der Waals surface area contributed by atoms with Crippen molar-refractivity contribution < 1.29 is 4.74 Å². The van der Waals surface area contributed by atoms with Gasteiger partial charge in [-0.3, -0.25) is 0 Å². The molecule has 1 aliphatic heterocycles. The summed E-state index contributed by atoms with van der Waals surface area (Å²) < 4.78 is 8.92. The van der Waals surface area contributed by atoms with Crippen LogP contribution in [0.4, 0.5) is 0 Å². The molecular formula is C52H32N4O. The molecule has 57 heavy (non-hydrogen) atoms. The third-order valence-corrected chi connectivity index (χ3v) is 11.7. The van der Waals surface area contributed by atoms with Gasteiger partial charge in [0.25, 0.3) is 0 Å². The van der Waals surface area contributed by atoms with Crippen LogP contribution in [0.2, 0.25) is 0 Å². The average Bonchev–Trinajstić information content (AvgIpc) is 3.77. The van der Waals surface area contributed by atoms with E-state index in [-0.39, 0.29) is 0 Å². The summed E-state index contributed by atoms with van der Waals surface area (Å²) in [5.41, 5.74) is 12.7. The third-order valence-electron chi connectivity index (χ3n) is 11.7. The van der Waals surface area contributed by atoms with Gasteiger partial charge in [0.2, 0.25) is 0 Å². The minimum absolute atomic E-state index is 0.594. The fraction of sp³-hybridized carbons (Fsp3) is 0.0192. The molecule has 2 aromatic heterocycles. The van der Waals surface area contributed by atoms with Crippen LogP contribution >= 0.6 is 0 Å². The lowest BCUT2D eigenvalue weighted by atomic mass is 9.66. The van der Waals surface area contributed by atoms with Crippen molar-refractivity contribution in [2.45, 2.75) is 5.41 Å². The molecule has 5 heteroatoms. The Bertz CT molecular complexity index is 3180. The van der Waals surface area contributed by atoms with Crippen LogP contribution in [0.25, 0.3) is 72.8 Å². The maximum absolute atomic E-state index is 6.59. The number of ether oxygens (including phenoxy) is 1. The average molecular weight is 729 g/mol. The smallest absolute Gasteiger partial charge is 0.164 e. The number of fused-ring (bicyclic) bond motifs is 12. The second-order valence-electron chi connectivity index (χ2n) is 14.7. The van der Waals surface area contributed by atoms with Crippen molar-refractivity contribution in [1.29, 1.82) is 0 Å². The molecule has 0 unspecified atom stereocenters. The van der Waals surface area contributed by atoms with E-state index in [2.05, 4.69) is 168 Å². The third kappa shape index (κ3) is 4.60. The normalized spacial score (nSPS) is 13.2. The zero-order chi connectivity index (χ0) is 37.5. The summed E-state index contributed by atoms with van der Waals surface area (Å²) in [5, 5.41) is 2.32. The van der Waals surface area contributed by atoms with Crippen LogP contribution < -0.4 is 4.74 Å². The van der Waals surface area contributed by atoms with Gasteiger partial charge in [0.05, 0.1) is 16.4 Å². The second-order valence-corrected chi connectivity index (χ2v) is 14.7. The van der Waals surface area contributed by atoms with E-state index in [9.17, 15) is 0 Å². The first kappa shape index (κ1) is 31.7. The SMILES string of the molecule is c1ccc(-c2nc(-c3ccc4c(c3)C3(c5ccccc5Oc5ccccc53)c3ccccc3-4)nc(-c3ccc4c(c3)c3ccccc3n4-c3ccccc3)n2)cc1. The van der Waals surface area contributed by atoms with Crippen LogP contribution in [0.1, 0.15) is 22.3 Å². The summed E-state index contributed by atoms with van der Waals surface area (Å²) in [6.45, 7) is 0. The highest BCUT2D eigenvalue weighted by Gasteiger charge is 2.51. The summed E-state index contributed by atoms with van der Waals surface area (Å²) >= 11 is 0. The molecule has 3 heterocycles. The van der Waals surface area contributed by atoms with Gasteiger partial charge >= 0.3 is 0 Å². The maximum atomic E-state index is 6.59. The van der Waals surface area contributed by atoms with Gasteiger partial charge in [0, 0.05) is 44.3 Å². The van der Waals surface area contributed by atoms with E-state index in [4.69, 9.17) is 19.7 Å². The first-order valence-electron chi connectivity index (χ1n) is 19.3. The Morgan fingerprint density at radius 1 is 0.368 bits per heavy atom. The van der Waals surface area contributed by atoms with Crippen LogP contribution in [-0.2, 0) is 5.41 Å². The molecule has 0 bridgehead atoms. The highest BCUT2D eigenvalue weighted by atomic mass is 16.5. The Hall–Kier alpha value is -7.63. The van der Waals surface area contributed by atoms with Crippen LogP contribution in [0.3, 0.4) is 0 Å². The quantitative estimate of drug-likeness (QED) is 0.181. The molecule has 0 saturated carbocycles. The molecule has 8 aromatic carbocycles. The van der Waals surface area contributed by atoms with E-state index in [1.54, 1.807) is 0 Å². The van der Waals surface area contributed by atoms with Gasteiger partial charge in [-0.15, -0.1) is 0 Å². The molecule has 0 radical (unpaired) electrons. The van der Waals surface area contributed by atoms with Gasteiger partial charge in [-0.1, -0.05) is 140 Å². The lowest BCUT2D eigenvalue weighted by molar-refractivity contribution is 0.436. The Balaban J connectivity index is 1.09. The van der Waals surface area contributed by atoms with Crippen molar-refractivity contribution in [3.8, 4) is 62.5 Å². The van der Waals surface area contributed by atoms with E-state index < -0.39 is 5.41 Å². The molecule has 5 nitrogen and oxygen atoms in total. The van der Waals surface area contributed by atoms with E-state index in [0.717, 1.165) is 61.4 Å². The zero-order valence-electron chi connectivity index (χ0n) is 30.7. The number of rotatable bonds is 4. The summed E-state index contributed by atoms with van der Waals surface area (Å²) in [4.78, 5) is 15.6. The monoisotopic (exact) mass is 728 g/mol. The van der Waals surface area contributed by atoms with Gasteiger partial charge in [0.15, 0.2) is 17.5 Å². The molecule has 1 aliphatic carbocycles. The van der Waals surface area contributed by atoms with Crippen LogP contribution in [0.5, 0.6) is 11.5 Å². The van der Waals surface area contributed by atoms with Crippen molar-refractivity contribution in [2.24, 2.45) is 0 Å². The van der Waals surface area contributed by atoms with Crippen LogP contribution in [-0.4, -0.2) is 19.5 Å². The van der Waals surface area contributed by atoms with E-state index in [0.29, 0.717) is 17.5 Å². The van der Waals surface area contributed by atoms with Crippen molar-refractivity contribution in [3.63, 3.8) is 0 Å². The fourth-order valence-electron chi connectivity index (χ4n) is 9.31. The molecule has 1 spiro atoms. The Morgan fingerprint density at radius 2 is 0.895 bits per heavy atom. The molecule has 0 fully saturated rings. The largest absolute Gasteiger partial charge is 0.457 e. The second kappa shape index (κ2) is 12.2. The summed E-state index contributed by atoms with van der Waals surface area (Å²) in [5.74, 6) is 3.59. The first-order chi connectivity index (χ1) is 28.3. The Morgan fingerprint density at radius 3 is 1.63 bits per heavy atom. The molecule has 0 atom stereocenters. The van der Waals surface area contributed by atoms with Gasteiger partial charge in [0.1, 0.15) is 11.5 Å². The van der Waals surface area contributed by atoms with Gasteiger partial charge in [-0.2, -0.15) is 0 Å². The first-order valence-corrected chi connectivity index (χ1v) is 19.3. The van der Waals surface area contributed by atoms with Gasteiger partial charge < -0.3 is 9.30 Å². The van der Waals surface area contributed by atoms with E-state index in [1.165, 1.54) is 27.6 Å². The van der Waals surface area contributed by atoms with Crippen molar-refractivity contribution in [3.05, 3.63) is 216 Å². The molecule has 10 aromatic rings. The lowest BCUT2D eigenvalue weighted by Crippen LogP contribution is -2.32. The van der Waals surface area contributed by atoms with Crippen LogP contribution in [0.15, 0.2) is 194 Å². The maximum Gasteiger partial charge on any atom is 0.164 e. The van der Waals surface area contributed by atoms with Crippen molar-refractivity contribution in [2.75, 3.05) is 0 Å². The number of para-hydroxylation sites is 4. The standard InChI is InChI=1S/C52H32N4O/c1-3-15-33(16-4-1)49-53-50(34-28-30-46-40(31-34)39-20-8-12-24-45(39)56(46)36-17-5-2-6-18-36)55-51(54-49)35-27-29-38-37-19-7-9-21-41(37)52(44(38)32-35)42-22-10-13-25-47(42)57-48-26-14-11-23-43(48)52/h1-32H. The molecule has 0 N–H and O–H groups in total. The van der Waals surface area contributed by atoms with Gasteiger partial charge in [-0.05, 0) is 76.9 Å². The fourth-order valence-corrected chi connectivity index (χ4v) is 9.31. The lowest BCUT2D eigenvalue weighted by Gasteiger charge is -2.39. The van der Waals surface area contributed by atoms with E-state index >= 15 is 0 Å². The molecule has 12 rings (SSSR count).